The first-order chi connectivity index (χ1) is 10.7. The van der Waals surface area contributed by atoms with Crippen molar-refractivity contribution in [2.75, 3.05) is 0 Å². The average molecular weight is 318 g/mol. The number of aliphatic carboxylic acids is 1. The van der Waals surface area contributed by atoms with E-state index in [-0.39, 0.29) is 28.5 Å². The Balaban J connectivity index is 1.75. The minimum atomic E-state index is -0.621. The summed E-state index contributed by atoms with van der Waals surface area (Å²) in [6.07, 6.45) is 9.60. The Morgan fingerprint density at radius 2 is 1.96 bits per heavy atom. The van der Waals surface area contributed by atoms with Crippen LogP contribution in [0.3, 0.4) is 0 Å². The van der Waals surface area contributed by atoms with Crippen LogP contribution in [-0.4, -0.2) is 22.8 Å². The lowest BCUT2D eigenvalue weighted by molar-refractivity contribution is -0.178. The van der Waals surface area contributed by atoms with Crippen molar-refractivity contribution in [2.45, 2.75) is 77.4 Å². The minimum Gasteiger partial charge on any atom is -0.481 e. The predicted molar refractivity (Wildman–Crippen MR) is 89.1 cm³/mol. The maximum absolute atomic E-state index is 12.0. The fourth-order valence-electron chi connectivity index (χ4n) is 6.86. The average Bonchev–Trinajstić information content (AvgIpc) is 3.01. The molecule has 3 nitrogen and oxygen atoms in total. The summed E-state index contributed by atoms with van der Waals surface area (Å²) < 4.78 is 6.70. The lowest BCUT2D eigenvalue weighted by atomic mass is 9.43. The molecule has 3 heteroatoms. The summed E-state index contributed by atoms with van der Waals surface area (Å²) in [5.41, 5.74) is -0.453. The number of rotatable bonds is 2. The standard InChI is InChI=1S/C20H30O3/c1-5-17(2)9-10-19(4)13(12-17)14-11-15-18(3,16(21)22)7-6-8-20(15,19)23-14/h5,13-15H,1,6-12H2,2-4H3,(H,21,22)/t13-,14+,15+,17-,18+,19-,20-/m1/s1. The Morgan fingerprint density at radius 1 is 1.22 bits per heavy atom. The molecule has 4 fully saturated rings. The number of carbonyl (C=O) groups is 1. The molecule has 7 atom stereocenters. The van der Waals surface area contributed by atoms with Crippen molar-refractivity contribution >= 4 is 5.97 Å². The zero-order valence-corrected chi connectivity index (χ0v) is 14.7. The highest BCUT2D eigenvalue weighted by atomic mass is 16.5. The first-order valence-electron chi connectivity index (χ1n) is 9.26. The van der Waals surface area contributed by atoms with Crippen LogP contribution in [0.5, 0.6) is 0 Å². The topological polar surface area (TPSA) is 46.5 Å². The van der Waals surface area contributed by atoms with Gasteiger partial charge in [-0.1, -0.05) is 19.9 Å². The van der Waals surface area contributed by atoms with E-state index >= 15 is 0 Å². The Morgan fingerprint density at radius 3 is 2.61 bits per heavy atom. The normalized spacial score (nSPS) is 57.6. The van der Waals surface area contributed by atoms with E-state index in [4.69, 9.17) is 4.74 Å². The second-order valence-electron chi connectivity index (χ2n) is 9.50. The summed E-state index contributed by atoms with van der Waals surface area (Å²) in [7, 11) is 0. The van der Waals surface area contributed by atoms with Gasteiger partial charge in [0.25, 0.3) is 0 Å². The minimum absolute atomic E-state index is 0.139. The van der Waals surface area contributed by atoms with E-state index in [1.807, 2.05) is 6.92 Å². The van der Waals surface area contributed by atoms with Crippen LogP contribution >= 0.6 is 0 Å². The van der Waals surface area contributed by atoms with Gasteiger partial charge in [0.05, 0.1) is 17.1 Å². The number of carboxylic acid groups (broad SMARTS) is 1. The molecule has 2 saturated carbocycles. The molecule has 1 spiro atoms. The van der Waals surface area contributed by atoms with Gasteiger partial charge in [-0.25, -0.2) is 0 Å². The molecular formula is C20H30O3. The molecule has 2 bridgehead atoms. The second-order valence-corrected chi connectivity index (χ2v) is 9.50. The van der Waals surface area contributed by atoms with Crippen molar-refractivity contribution in [1.29, 1.82) is 0 Å². The molecule has 0 radical (unpaired) electrons. The molecule has 0 unspecified atom stereocenters. The number of hydrogen-bond acceptors (Lipinski definition) is 2. The Bertz CT molecular complexity index is 571. The Hall–Kier alpha value is -0.830. The van der Waals surface area contributed by atoms with E-state index in [1.54, 1.807) is 0 Å². The molecule has 2 saturated heterocycles. The van der Waals surface area contributed by atoms with Crippen LogP contribution in [0.1, 0.15) is 65.7 Å². The highest BCUT2D eigenvalue weighted by Crippen LogP contribution is 2.73. The number of carboxylic acids is 1. The first-order valence-corrected chi connectivity index (χ1v) is 9.26. The summed E-state index contributed by atoms with van der Waals surface area (Å²) in [6, 6.07) is 0. The maximum Gasteiger partial charge on any atom is 0.309 e. The SMILES string of the molecule is C=C[C@]1(C)CC[C@]2(C)[C@H](C1)[C@@H]1C[C@H]3[C@@](C)(C(=O)O)CCC[C@@]32O1. The lowest BCUT2D eigenvalue weighted by Crippen LogP contribution is -2.62. The highest BCUT2D eigenvalue weighted by molar-refractivity contribution is 5.75. The van der Waals surface area contributed by atoms with Crippen molar-refractivity contribution in [1.82, 2.24) is 0 Å². The third kappa shape index (κ3) is 1.67. The number of fused-ring (bicyclic) bond motifs is 3. The quantitative estimate of drug-likeness (QED) is 0.767. The van der Waals surface area contributed by atoms with Crippen LogP contribution in [0.4, 0.5) is 0 Å². The Labute approximate surface area is 139 Å². The fraction of sp³-hybridized carbons (Fsp3) is 0.850. The van der Waals surface area contributed by atoms with Gasteiger partial charge in [0.1, 0.15) is 0 Å². The van der Waals surface area contributed by atoms with Gasteiger partial charge >= 0.3 is 5.97 Å². The van der Waals surface area contributed by atoms with Crippen LogP contribution < -0.4 is 0 Å². The van der Waals surface area contributed by atoms with Gasteiger partial charge in [-0.2, -0.15) is 0 Å². The van der Waals surface area contributed by atoms with E-state index in [9.17, 15) is 9.90 Å². The molecule has 0 aromatic carbocycles. The lowest BCUT2D eigenvalue weighted by Gasteiger charge is -2.59. The molecule has 2 aliphatic carbocycles. The number of allylic oxidation sites excluding steroid dienone is 1. The van der Waals surface area contributed by atoms with Crippen LogP contribution in [0.2, 0.25) is 0 Å². The molecule has 2 aliphatic heterocycles. The third-order valence-corrected chi connectivity index (χ3v) is 8.52. The third-order valence-electron chi connectivity index (χ3n) is 8.52. The predicted octanol–water partition coefficient (Wildman–Crippen LogP) is 4.42. The molecule has 0 aromatic heterocycles. The molecule has 4 rings (SSSR count). The summed E-state index contributed by atoms with van der Waals surface area (Å²) in [5, 5.41) is 9.90. The summed E-state index contributed by atoms with van der Waals surface area (Å²) in [4.78, 5) is 12.0. The molecule has 1 N–H and O–H groups in total. The zero-order chi connectivity index (χ0) is 16.7. The van der Waals surface area contributed by atoms with E-state index in [1.165, 1.54) is 0 Å². The van der Waals surface area contributed by atoms with Gasteiger partial charge in [0.15, 0.2) is 0 Å². The Kier molecular flexibility index (Phi) is 3.01. The van der Waals surface area contributed by atoms with Gasteiger partial charge in [-0.05, 0) is 63.2 Å². The van der Waals surface area contributed by atoms with Gasteiger partial charge in [-0.3, -0.25) is 4.79 Å². The van der Waals surface area contributed by atoms with Crippen molar-refractivity contribution in [2.24, 2.45) is 28.1 Å². The second kappa shape index (κ2) is 4.41. The first kappa shape index (κ1) is 15.7. The monoisotopic (exact) mass is 318 g/mol. The molecular weight excluding hydrogens is 288 g/mol. The van der Waals surface area contributed by atoms with Crippen molar-refractivity contribution in [3.8, 4) is 0 Å². The van der Waals surface area contributed by atoms with Crippen molar-refractivity contribution in [3.63, 3.8) is 0 Å². The van der Waals surface area contributed by atoms with Crippen LogP contribution in [0.15, 0.2) is 12.7 Å². The summed E-state index contributed by atoms with van der Waals surface area (Å²) in [5.74, 6) is 0.122. The smallest absolute Gasteiger partial charge is 0.309 e. The number of ether oxygens (including phenoxy) is 1. The highest BCUT2D eigenvalue weighted by Gasteiger charge is 2.75. The van der Waals surface area contributed by atoms with Crippen LogP contribution in [-0.2, 0) is 9.53 Å². The van der Waals surface area contributed by atoms with E-state index in [2.05, 4.69) is 26.5 Å². The van der Waals surface area contributed by atoms with Crippen LogP contribution in [0, 0.1) is 28.1 Å². The van der Waals surface area contributed by atoms with Crippen molar-refractivity contribution < 1.29 is 14.6 Å². The zero-order valence-electron chi connectivity index (χ0n) is 14.7. The molecule has 0 aromatic rings. The largest absolute Gasteiger partial charge is 0.481 e. The van der Waals surface area contributed by atoms with Crippen LogP contribution in [0.25, 0.3) is 0 Å². The molecule has 0 amide bonds. The number of hydrogen-bond donors (Lipinski definition) is 1. The van der Waals surface area contributed by atoms with Gasteiger partial charge in [-0.15, -0.1) is 6.58 Å². The van der Waals surface area contributed by atoms with Crippen molar-refractivity contribution in [3.05, 3.63) is 12.7 Å². The summed E-state index contributed by atoms with van der Waals surface area (Å²) >= 11 is 0. The summed E-state index contributed by atoms with van der Waals surface area (Å²) in [6.45, 7) is 10.8. The van der Waals surface area contributed by atoms with E-state index in [0.29, 0.717) is 5.92 Å². The molecule has 2 heterocycles. The van der Waals surface area contributed by atoms with Gasteiger partial charge < -0.3 is 9.84 Å². The van der Waals surface area contributed by atoms with Gasteiger partial charge in [0.2, 0.25) is 0 Å². The van der Waals surface area contributed by atoms with E-state index < -0.39 is 11.4 Å². The maximum atomic E-state index is 12.0. The van der Waals surface area contributed by atoms with Gasteiger partial charge in [0, 0.05) is 11.3 Å². The molecule has 23 heavy (non-hydrogen) atoms. The molecule has 4 aliphatic rings. The molecule has 128 valence electrons. The fourth-order valence-corrected chi connectivity index (χ4v) is 6.86. The van der Waals surface area contributed by atoms with E-state index in [0.717, 1.165) is 44.9 Å².